The van der Waals surface area contributed by atoms with Crippen LogP contribution in [-0.2, 0) is 11.3 Å². The second kappa shape index (κ2) is 8.93. The first-order valence-corrected chi connectivity index (χ1v) is 9.83. The summed E-state index contributed by atoms with van der Waals surface area (Å²) < 4.78 is 11.9. The molecule has 0 aliphatic rings. The fourth-order valence-corrected chi connectivity index (χ4v) is 3.18. The molecule has 0 fully saturated rings. The Labute approximate surface area is 179 Å². The number of carbonyl (C=O) groups excluding carboxylic acids is 1. The maximum Gasteiger partial charge on any atom is 0.251 e. The van der Waals surface area contributed by atoms with Gasteiger partial charge in [0.2, 0.25) is 0 Å². The summed E-state index contributed by atoms with van der Waals surface area (Å²) in [5, 5.41) is 7.39. The van der Waals surface area contributed by atoms with Crippen molar-refractivity contribution in [3.63, 3.8) is 0 Å². The van der Waals surface area contributed by atoms with Crippen molar-refractivity contribution in [1.29, 1.82) is 0 Å². The average molecular weight is 417 g/mol. The monoisotopic (exact) mass is 417 g/mol. The highest BCUT2D eigenvalue weighted by Gasteiger charge is 2.16. The molecule has 1 atom stereocenters. The number of methoxy groups -OCH3 is 2. The molecule has 0 bridgehead atoms. The first-order valence-electron chi connectivity index (χ1n) is 9.83. The van der Waals surface area contributed by atoms with Crippen LogP contribution in [0.3, 0.4) is 0 Å². The van der Waals surface area contributed by atoms with Crippen LogP contribution in [0.1, 0.15) is 34.7 Å². The van der Waals surface area contributed by atoms with Crippen molar-refractivity contribution in [2.75, 3.05) is 14.2 Å². The minimum atomic E-state index is -0.365. The summed E-state index contributed by atoms with van der Waals surface area (Å²) in [5.41, 5.74) is 3.96. The lowest BCUT2D eigenvalue weighted by Gasteiger charge is -2.10. The summed E-state index contributed by atoms with van der Waals surface area (Å²) in [7, 11) is 3.27. The van der Waals surface area contributed by atoms with Gasteiger partial charge in [-0.1, -0.05) is 12.1 Å². The number of hydrogen-bond acceptors (Lipinski definition) is 6. The van der Waals surface area contributed by atoms with Crippen LogP contribution >= 0.6 is 0 Å². The number of benzene rings is 2. The Morgan fingerprint density at radius 3 is 2.52 bits per heavy atom. The molecule has 1 amide bonds. The van der Waals surface area contributed by atoms with Crippen LogP contribution in [0, 0.1) is 0 Å². The van der Waals surface area contributed by atoms with Crippen LogP contribution in [-0.4, -0.2) is 39.7 Å². The van der Waals surface area contributed by atoms with Gasteiger partial charge in [-0.2, -0.15) is 0 Å². The third kappa shape index (κ3) is 4.54. The lowest BCUT2D eigenvalue weighted by atomic mass is 10.1. The maximum absolute atomic E-state index is 12.6. The molecule has 2 aromatic heterocycles. The minimum Gasteiger partial charge on any atom is -0.497 e. The van der Waals surface area contributed by atoms with E-state index in [1.165, 1.54) is 0 Å². The molecule has 8 heteroatoms. The molecule has 4 aromatic rings. The van der Waals surface area contributed by atoms with Gasteiger partial charge in [-0.05, 0) is 48.9 Å². The Morgan fingerprint density at radius 1 is 1.10 bits per heavy atom. The van der Waals surface area contributed by atoms with Gasteiger partial charge in [-0.15, -0.1) is 5.10 Å². The lowest BCUT2D eigenvalue weighted by molar-refractivity contribution is 0.0938. The largest absolute Gasteiger partial charge is 0.497 e. The molecule has 0 unspecified atom stereocenters. The number of nitrogens with one attached hydrogen (secondary N) is 1. The molecular weight excluding hydrogens is 394 g/mol. The van der Waals surface area contributed by atoms with Crippen molar-refractivity contribution >= 4 is 11.6 Å². The van der Waals surface area contributed by atoms with Gasteiger partial charge in [-0.25, -0.2) is 14.5 Å². The van der Waals surface area contributed by atoms with E-state index in [0.717, 1.165) is 22.6 Å². The Bertz CT molecular complexity index is 1190. The van der Waals surface area contributed by atoms with E-state index < -0.39 is 0 Å². The van der Waals surface area contributed by atoms with Crippen LogP contribution in [0.15, 0.2) is 60.9 Å². The smallest absolute Gasteiger partial charge is 0.251 e. The Balaban J connectivity index is 1.50. The number of aromatic nitrogens is 4. The van der Waals surface area contributed by atoms with Gasteiger partial charge >= 0.3 is 0 Å². The highest BCUT2D eigenvalue weighted by Crippen LogP contribution is 2.21. The molecule has 0 aliphatic carbocycles. The van der Waals surface area contributed by atoms with Gasteiger partial charge in [0.05, 0.1) is 25.5 Å². The molecule has 0 saturated heterocycles. The zero-order valence-electron chi connectivity index (χ0n) is 17.6. The molecule has 2 heterocycles. The molecule has 8 nitrogen and oxygen atoms in total. The van der Waals surface area contributed by atoms with E-state index in [1.54, 1.807) is 37.2 Å². The van der Waals surface area contributed by atoms with Crippen molar-refractivity contribution in [2.24, 2.45) is 0 Å². The highest BCUT2D eigenvalue weighted by atomic mass is 16.5. The van der Waals surface area contributed by atoms with Crippen LogP contribution in [0.4, 0.5) is 0 Å². The van der Waals surface area contributed by atoms with Crippen LogP contribution in [0.25, 0.3) is 16.9 Å². The molecular formula is C23H23N5O3. The number of amides is 1. The van der Waals surface area contributed by atoms with Gasteiger partial charge in [0.1, 0.15) is 12.1 Å². The minimum absolute atomic E-state index is 0.188. The molecule has 0 aliphatic heterocycles. The van der Waals surface area contributed by atoms with Crippen molar-refractivity contribution < 1.29 is 14.3 Å². The third-order valence-electron chi connectivity index (χ3n) is 4.89. The number of nitrogens with zero attached hydrogens (tertiary/aromatic N) is 4. The quantitative estimate of drug-likeness (QED) is 0.495. The molecule has 31 heavy (non-hydrogen) atoms. The first-order chi connectivity index (χ1) is 15.1. The fraction of sp³-hybridized carbons (Fsp3) is 0.217. The third-order valence-corrected chi connectivity index (χ3v) is 4.89. The van der Waals surface area contributed by atoms with Crippen LogP contribution in [0.5, 0.6) is 5.75 Å². The Morgan fingerprint density at radius 2 is 1.84 bits per heavy atom. The number of fused-ring (bicyclic) bond motifs is 1. The molecule has 2 aromatic carbocycles. The molecule has 0 saturated carbocycles. The summed E-state index contributed by atoms with van der Waals surface area (Å²) in [4.78, 5) is 21.6. The first kappa shape index (κ1) is 20.5. The summed E-state index contributed by atoms with van der Waals surface area (Å²) in [6.45, 7) is 2.36. The van der Waals surface area contributed by atoms with E-state index in [9.17, 15) is 4.79 Å². The fourth-order valence-electron chi connectivity index (χ4n) is 3.18. The predicted molar refractivity (Wildman–Crippen MR) is 116 cm³/mol. The van der Waals surface area contributed by atoms with E-state index >= 15 is 0 Å². The molecule has 4 rings (SSSR count). The zero-order valence-corrected chi connectivity index (χ0v) is 17.6. The number of carbonyl (C=O) groups is 1. The molecule has 158 valence electrons. The standard InChI is InChI=1S/C23H23N5O3/c1-15(25-23(29)18-6-4-16(5-7-18)13-30-2)22-26-21-12-20(24-14-28(21)27-22)17-8-10-19(31-3)11-9-17/h4-12,14-15H,13H2,1-3H3,(H,25,29)/t15-/m1/s1. The van der Waals surface area contributed by atoms with E-state index in [4.69, 9.17) is 9.47 Å². The average Bonchev–Trinajstić information content (AvgIpc) is 3.23. The van der Waals surface area contributed by atoms with Crippen molar-refractivity contribution in [1.82, 2.24) is 24.9 Å². The summed E-state index contributed by atoms with van der Waals surface area (Å²) in [5.74, 6) is 1.11. The van der Waals surface area contributed by atoms with Crippen LogP contribution < -0.4 is 10.1 Å². The van der Waals surface area contributed by atoms with E-state index in [-0.39, 0.29) is 11.9 Å². The van der Waals surface area contributed by atoms with Crippen molar-refractivity contribution in [3.8, 4) is 17.0 Å². The van der Waals surface area contributed by atoms with Gasteiger partial charge in [-0.3, -0.25) is 4.79 Å². The highest BCUT2D eigenvalue weighted by molar-refractivity contribution is 5.94. The van der Waals surface area contributed by atoms with Gasteiger partial charge in [0.25, 0.3) is 5.91 Å². The lowest BCUT2D eigenvalue weighted by Crippen LogP contribution is -2.27. The SMILES string of the molecule is COCc1ccc(C(=O)N[C@H](C)c2nc3cc(-c4ccc(OC)cc4)ncn3n2)cc1. The van der Waals surface area contributed by atoms with Crippen LogP contribution in [0.2, 0.25) is 0 Å². The van der Waals surface area contributed by atoms with E-state index in [0.29, 0.717) is 23.6 Å². The topological polar surface area (TPSA) is 90.6 Å². The Hall–Kier alpha value is -3.78. The van der Waals surface area contributed by atoms with E-state index in [1.807, 2.05) is 49.4 Å². The Kier molecular flexibility index (Phi) is 5.90. The normalized spacial score (nSPS) is 12.0. The molecule has 1 N–H and O–H groups in total. The predicted octanol–water partition coefficient (Wildman–Crippen LogP) is 3.44. The number of ether oxygens (including phenoxy) is 2. The second-order valence-electron chi connectivity index (χ2n) is 7.10. The maximum atomic E-state index is 12.6. The van der Waals surface area contributed by atoms with Gasteiger partial charge in [0, 0.05) is 24.3 Å². The number of hydrogen-bond donors (Lipinski definition) is 1. The molecule has 0 radical (unpaired) electrons. The summed E-state index contributed by atoms with van der Waals surface area (Å²) >= 11 is 0. The second-order valence-corrected chi connectivity index (χ2v) is 7.10. The van der Waals surface area contributed by atoms with Gasteiger partial charge in [0.15, 0.2) is 11.5 Å². The summed E-state index contributed by atoms with van der Waals surface area (Å²) in [6.07, 6.45) is 1.62. The van der Waals surface area contributed by atoms with Gasteiger partial charge < -0.3 is 14.8 Å². The molecule has 0 spiro atoms. The zero-order chi connectivity index (χ0) is 21.8. The number of rotatable bonds is 7. The van der Waals surface area contributed by atoms with E-state index in [2.05, 4.69) is 20.4 Å². The van der Waals surface area contributed by atoms with Crippen molar-refractivity contribution in [2.45, 2.75) is 19.6 Å². The van der Waals surface area contributed by atoms with Crippen molar-refractivity contribution in [3.05, 3.63) is 77.9 Å². The summed E-state index contributed by atoms with van der Waals surface area (Å²) in [6, 6.07) is 16.4.